The van der Waals surface area contributed by atoms with Crippen LogP contribution in [0.3, 0.4) is 0 Å². The van der Waals surface area contributed by atoms with Gasteiger partial charge in [0.25, 0.3) is 5.91 Å². The maximum absolute atomic E-state index is 13.1. The Bertz CT molecular complexity index is 937. The highest BCUT2D eigenvalue weighted by Gasteiger charge is 2.34. The van der Waals surface area contributed by atoms with Crippen molar-refractivity contribution in [3.8, 4) is 0 Å². The van der Waals surface area contributed by atoms with Crippen molar-refractivity contribution < 1.29 is 18.8 Å². The number of hydrogen-bond acceptors (Lipinski definition) is 4. The molecule has 0 radical (unpaired) electrons. The first-order valence-corrected chi connectivity index (χ1v) is 11.6. The third-order valence-electron chi connectivity index (χ3n) is 5.95. The third-order valence-corrected chi connectivity index (χ3v) is 5.95. The highest BCUT2D eigenvalue weighted by atomic mass is 16.3. The quantitative estimate of drug-likeness (QED) is 0.669. The summed E-state index contributed by atoms with van der Waals surface area (Å²) in [5.74, 6) is 0.207. The van der Waals surface area contributed by atoms with Crippen molar-refractivity contribution in [1.82, 2.24) is 15.5 Å². The van der Waals surface area contributed by atoms with E-state index in [1.807, 2.05) is 24.0 Å². The van der Waals surface area contributed by atoms with Gasteiger partial charge in [-0.25, -0.2) is 0 Å². The van der Waals surface area contributed by atoms with Gasteiger partial charge in [0.2, 0.25) is 11.8 Å². The molecule has 1 aliphatic heterocycles. The number of piperidine rings is 1. The summed E-state index contributed by atoms with van der Waals surface area (Å²) >= 11 is 0. The third kappa shape index (κ3) is 7.20. The van der Waals surface area contributed by atoms with Gasteiger partial charge in [-0.05, 0) is 55.4 Å². The molecule has 1 fully saturated rings. The van der Waals surface area contributed by atoms with Crippen LogP contribution in [0.1, 0.15) is 61.7 Å². The highest BCUT2D eigenvalue weighted by molar-refractivity contribution is 5.97. The molecule has 33 heavy (non-hydrogen) atoms. The molecule has 2 N–H and O–H groups in total. The van der Waals surface area contributed by atoms with E-state index >= 15 is 0 Å². The number of rotatable bonds is 7. The summed E-state index contributed by atoms with van der Waals surface area (Å²) < 4.78 is 5.30. The zero-order valence-electron chi connectivity index (χ0n) is 20.0. The summed E-state index contributed by atoms with van der Waals surface area (Å²) in [6.07, 6.45) is 3.36. The molecule has 1 aromatic heterocycles. The Morgan fingerprint density at radius 3 is 2.33 bits per heavy atom. The maximum Gasteiger partial charge on any atom is 0.251 e. The minimum absolute atomic E-state index is 0.0605. The van der Waals surface area contributed by atoms with Gasteiger partial charge in [0.05, 0.1) is 12.8 Å². The van der Waals surface area contributed by atoms with E-state index in [-0.39, 0.29) is 35.6 Å². The molecule has 7 nitrogen and oxygen atoms in total. The molecular weight excluding hydrogens is 418 g/mol. The van der Waals surface area contributed by atoms with E-state index in [0.717, 1.165) is 5.56 Å². The Morgan fingerprint density at radius 1 is 1.09 bits per heavy atom. The van der Waals surface area contributed by atoms with E-state index in [2.05, 4.69) is 31.4 Å². The van der Waals surface area contributed by atoms with Crippen LogP contribution < -0.4 is 10.6 Å². The molecule has 0 aliphatic carbocycles. The number of hydrogen-bond donors (Lipinski definition) is 2. The van der Waals surface area contributed by atoms with Crippen LogP contribution in [0.2, 0.25) is 0 Å². The fraction of sp³-hybridized carbons (Fsp3) is 0.500. The lowest BCUT2D eigenvalue weighted by atomic mass is 9.87. The van der Waals surface area contributed by atoms with E-state index in [1.165, 1.54) is 0 Å². The highest BCUT2D eigenvalue weighted by Crippen LogP contribution is 2.25. The zero-order valence-corrected chi connectivity index (χ0v) is 20.0. The average Bonchev–Trinajstić information content (AvgIpc) is 3.29. The number of amides is 3. The first-order valence-electron chi connectivity index (χ1n) is 11.6. The van der Waals surface area contributed by atoms with Gasteiger partial charge in [-0.2, -0.15) is 0 Å². The molecular formula is C26H35N3O4. The van der Waals surface area contributed by atoms with Crippen molar-refractivity contribution in [2.45, 2.75) is 59.5 Å². The Balaban J connectivity index is 1.67. The van der Waals surface area contributed by atoms with Gasteiger partial charge >= 0.3 is 0 Å². The van der Waals surface area contributed by atoms with Crippen LogP contribution in [-0.2, 0) is 16.1 Å². The molecule has 7 heteroatoms. The first-order chi connectivity index (χ1) is 15.6. The molecule has 3 rings (SSSR count). The van der Waals surface area contributed by atoms with Crippen LogP contribution in [0.4, 0.5) is 0 Å². The summed E-state index contributed by atoms with van der Waals surface area (Å²) in [6, 6.07) is 10.1. The number of nitrogens with one attached hydrogen (secondary N) is 2. The van der Waals surface area contributed by atoms with Crippen LogP contribution in [0.5, 0.6) is 0 Å². The second-order valence-electron chi connectivity index (χ2n) is 10.1. The first kappa shape index (κ1) is 24.6. The topological polar surface area (TPSA) is 91.7 Å². The second kappa shape index (κ2) is 10.7. The van der Waals surface area contributed by atoms with Crippen LogP contribution in [0.15, 0.2) is 47.1 Å². The lowest BCUT2D eigenvalue weighted by Crippen LogP contribution is -2.53. The molecule has 1 aliphatic rings. The van der Waals surface area contributed by atoms with Crippen molar-refractivity contribution >= 4 is 17.7 Å². The van der Waals surface area contributed by atoms with Gasteiger partial charge < -0.3 is 20.0 Å². The summed E-state index contributed by atoms with van der Waals surface area (Å²) in [6.45, 7) is 9.55. The Hall–Kier alpha value is -3.09. The molecule has 178 valence electrons. The predicted octanol–water partition coefficient (Wildman–Crippen LogP) is 3.68. The number of aryl methyl sites for hydroxylation is 1. The van der Waals surface area contributed by atoms with Gasteiger partial charge in [-0.15, -0.1) is 0 Å². The normalized spacial score (nSPS) is 15.7. The van der Waals surface area contributed by atoms with Crippen molar-refractivity contribution in [2.75, 3.05) is 13.1 Å². The number of carbonyl (C=O) groups excluding carboxylic acids is 3. The molecule has 2 heterocycles. The maximum atomic E-state index is 13.1. The van der Waals surface area contributed by atoms with E-state index in [4.69, 9.17) is 4.42 Å². The monoisotopic (exact) mass is 453 g/mol. The number of carbonyl (C=O) groups is 3. The van der Waals surface area contributed by atoms with E-state index in [9.17, 15) is 14.4 Å². The summed E-state index contributed by atoms with van der Waals surface area (Å²) in [7, 11) is 0. The van der Waals surface area contributed by atoms with Crippen molar-refractivity contribution in [3.05, 3.63) is 59.5 Å². The molecule has 0 saturated carbocycles. The Kier molecular flexibility index (Phi) is 7.95. The van der Waals surface area contributed by atoms with Crippen LogP contribution in [-0.4, -0.2) is 41.8 Å². The van der Waals surface area contributed by atoms with Gasteiger partial charge in [0.15, 0.2) is 0 Å². The van der Waals surface area contributed by atoms with Gasteiger partial charge in [-0.3, -0.25) is 14.4 Å². The minimum Gasteiger partial charge on any atom is -0.467 e. The van der Waals surface area contributed by atoms with E-state index in [1.54, 1.807) is 30.5 Å². The molecule has 1 atom stereocenters. The smallest absolute Gasteiger partial charge is 0.251 e. The van der Waals surface area contributed by atoms with Gasteiger partial charge in [0, 0.05) is 25.1 Å². The van der Waals surface area contributed by atoms with Gasteiger partial charge in [-0.1, -0.05) is 38.5 Å². The van der Waals surface area contributed by atoms with E-state index in [0.29, 0.717) is 43.7 Å². The van der Waals surface area contributed by atoms with Crippen molar-refractivity contribution in [2.24, 2.45) is 11.3 Å². The number of benzene rings is 1. The number of likely N-dealkylation sites (tertiary alicyclic amines) is 1. The van der Waals surface area contributed by atoms with Crippen LogP contribution >= 0.6 is 0 Å². The Labute approximate surface area is 195 Å². The summed E-state index contributed by atoms with van der Waals surface area (Å²) in [5.41, 5.74) is 1.51. The lowest BCUT2D eigenvalue weighted by molar-refractivity contribution is -0.134. The molecule has 1 saturated heterocycles. The minimum atomic E-state index is -0.686. The lowest BCUT2D eigenvalue weighted by Gasteiger charge is -2.36. The molecule has 2 aromatic rings. The average molecular weight is 454 g/mol. The summed E-state index contributed by atoms with van der Waals surface area (Å²) in [4.78, 5) is 40.5. The largest absolute Gasteiger partial charge is 0.467 e. The van der Waals surface area contributed by atoms with Crippen molar-refractivity contribution in [3.63, 3.8) is 0 Å². The fourth-order valence-electron chi connectivity index (χ4n) is 4.07. The molecule has 3 amide bonds. The van der Waals surface area contributed by atoms with Crippen LogP contribution in [0, 0.1) is 18.3 Å². The zero-order chi connectivity index (χ0) is 24.0. The van der Waals surface area contributed by atoms with Crippen molar-refractivity contribution in [1.29, 1.82) is 0 Å². The molecule has 0 spiro atoms. The standard InChI is InChI=1S/C26H35N3O4/c1-18-7-9-20(10-8-18)24(31)28-23(25(32)27-17-21-6-5-15-33-21)19-11-13-29(14-12-19)22(30)16-26(2,3)4/h5-10,15,19,23H,11-14,16-17H2,1-4H3,(H,27,32)(H,28,31)/t23-/m0/s1. The predicted molar refractivity (Wildman–Crippen MR) is 126 cm³/mol. The SMILES string of the molecule is Cc1ccc(C(=O)N[C@H](C(=O)NCc2ccco2)C2CCN(C(=O)CC(C)(C)C)CC2)cc1. The molecule has 0 bridgehead atoms. The second-order valence-corrected chi connectivity index (χ2v) is 10.1. The molecule has 1 aromatic carbocycles. The number of nitrogens with zero attached hydrogens (tertiary/aromatic N) is 1. The van der Waals surface area contributed by atoms with Crippen LogP contribution in [0.25, 0.3) is 0 Å². The van der Waals surface area contributed by atoms with Gasteiger partial charge in [0.1, 0.15) is 11.8 Å². The van der Waals surface area contributed by atoms with E-state index < -0.39 is 6.04 Å². The fourth-order valence-corrected chi connectivity index (χ4v) is 4.07. The number of furan rings is 1. The summed E-state index contributed by atoms with van der Waals surface area (Å²) in [5, 5.41) is 5.84. The Morgan fingerprint density at radius 2 is 1.76 bits per heavy atom. The molecule has 0 unspecified atom stereocenters.